The van der Waals surface area contributed by atoms with Crippen LogP contribution in [-0.4, -0.2) is 49.1 Å². The van der Waals surface area contributed by atoms with Crippen molar-refractivity contribution in [1.29, 1.82) is 0 Å². The molecule has 1 aromatic carbocycles. The first-order valence-electron chi connectivity index (χ1n) is 12.9. The second kappa shape index (κ2) is 15.3. The predicted octanol–water partition coefficient (Wildman–Crippen LogP) is 4.37. The van der Waals surface area contributed by atoms with Gasteiger partial charge in [-0.25, -0.2) is 9.59 Å². The van der Waals surface area contributed by atoms with Crippen molar-refractivity contribution in [2.45, 2.75) is 80.4 Å². The van der Waals surface area contributed by atoms with Crippen molar-refractivity contribution in [2.75, 3.05) is 13.1 Å². The van der Waals surface area contributed by atoms with Crippen LogP contribution in [0.25, 0.3) is 0 Å². The Morgan fingerprint density at radius 2 is 1.00 bits per heavy atom. The molecule has 0 fully saturated rings. The van der Waals surface area contributed by atoms with E-state index in [2.05, 4.69) is 10.6 Å². The van der Waals surface area contributed by atoms with Crippen LogP contribution in [0, 0.1) is 23.7 Å². The summed E-state index contributed by atoms with van der Waals surface area (Å²) in [5.41, 5.74) is 0.249. The summed E-state index contributed by atoms with van der Waals surface area (Å²) in [6.45, 7) is 16.7. The van der Waals surface area contributed by atoms with E-state index in [1.54, 1.807) is 6.07 Å². The SMILES string of the molecule is CC(C)CNC(=O)[C@H](CC(C)C)OC(=O)c1cccc(C(=O)O[C@@H](CC(C)C)C(=O)NCC(C)C)c1. The number of esters is 2. The second-order valence-corrected chi connectivity index (χ2v) is 10.9. The number of benzene rings is 1. The molecule has 8 nitrogen and oxygen atoms in total. The lowest BCUT2D eigenvalue weighted by molar-refractivity contribution is -0.131. The summed E-state index contributed by atoms with van der Waals surface area (Å²) in [5, 5.41) is 5.62. The van der Waals surface area contributed by atoms with E-state index in [-0.39, 0.29) is 46.6 Å². The minimum Gasteiger partial charge on any atom is -0.449 e. The number of amides is 2. The number of ether oxygens (including phenoxy) is 2. The van der Waals surface area contributed by atoms with Gasteiger partial charge in [-0.3, -0.25) is 9.59 Å². The topological polar surface area (TPSA) is 111 Å². The quantitative estimate of drug-likeness (QED) is 0.364. The summed E-state index contributed by atoms with van der Waals surface area (Å²) in [6, 6.07) is 5.93. The Morgan fingerprint density at radius 1 is 0.639 bits per heavy atom. The molecule has 0 aliphatic rings. The second-order valence-electron chi connectivity index (χ2n) is 10.9. The zero-order valence-corrected chi connectivity index (χ0v) is 23.1. The van der Waals surface area contributed by atoms with Crippen molar-refractivity contribution in [3.63, 3.8) is 0 Å². The first-order valence-corrected chi connectivity index (χ1v) is 12.9. The molecule has 0 spiro atoms. The number of nitrogens with one attached hydrogen (secondary N) is 2. The summed E-state index contributed by atoms with van der Waals surface area (Å²) in [6.07, 6.45) is -1.13. The Bertz CT molecular complexity index is 811. The molecule has 36 heavy (non-hydrogen) atoms. The lowest BCUT2D eigenvalue weighted by atomic mass is 10.0. The fraction of sp³-hybridized carbons (Fsp3) is 0.643. The van der Waals surface area contributed by atoms with Crippen molar-refractivity contribution in [3.05, 3.63) is 35.4 Å². The zero-order valence-electron chi connectivity index (χ0n) is 23.1. The van der Waals surface area contributed by atoms with Crippen LogP contribution in [0.4, 0.5) is 0 Å². The van der Waals surface area contributed by atoms with Gasteiger partial charge in [0.05, 0.1) is 11.1 Å². The highest BCUT2D eigenvalue weighted by Gasteiger charge is 2.27. The molecule has 0 aliphatic carbocycles. The molecular formula is C28H44N2O6. The third kappa shape index (κ3) is 11.7. The van der Waals surface area contributed by atoms with Gasteiger partial charge in [-0.1, -0.05) is 61.5 Å². The highest BCUT2D eigenvalue weighted by Crippen LogP contribution is 2.16. The fourth-order valence-corrected chi connectivity index (χ4v) is 3.28. The molecule has 2 N–H and O–H groups in total. The highest BCUT2D eigenvalue weighted by atomic mass is 16.6. The normalized spacial score (nSPS) is 13.0. The molecule has 0 radical (unpaired) electrons. The third-order valence-electron chi connectivity index (χ3n) is 5.16. The molecule has 0 bridgehead atoms. The van der Waals surface area contributed by atoms with Gasteiger partial charge in [-0.15, -0.1) is 0 Å². The molecule has 1 rings (SSSR count). The fourth-order valence-electron chi connectivity index (χ4n) is 3.28. The minimum absolute atomic E-state index is 0.125. The van der Waals surface area contributed by atoms with Crippen LogP contribution in [0.1, 0.15) is 88.9 Å². The van der Waals surface area contributed by atoms with Crippen LogP contribution in [0.2, 0.25) is 0 Å². The summed E-state index contributed by atoms with van der Waals surface area (Å²) in [5.74, 6) is -1.30. The van der Waals surface area contributed by atoms with Crippen LogP contribution >= 0.6 is 0 Å². The van der Waals surface area contributed by atoms with Crippen LogP contribution < -0.4 is 10.6 Å². The van der Waals surface area contributed by atoms with Gasteiger partial charge in [0.1, 0.15) is 0 Å². The van der Waals surface area contributed by atoms with Crippen molar-refractivity contribution in [1.82, 2.24) is 10.6 Å². The summed E-state index contributed by atoms with van der Waals surface area (Å²) in [7, 11) is 0. The number of carbonyl (C=O) groups is 4. The monoisotopic (exact) mass is 504 g/mol. The van der Waals surface area contributed by atoms with E-state index in [1.165, 1.54) is 18.2 Å². The summed E-state index contributed by atoms with van der Waals surface area (Å²) >= 11 is 0. The molecule has 1 aromatic rings. The van der Waals surface area contributed by atoms with E-state index in [0.29, 0.717) is 25.9 Å². The number of carbonyl (C=O) groups excluding carboxylic acids is 4. The minimum atomic E-state index is -0.938. The van der Waals surface area contributed by atoms with Crippen molar-refractivity contribution < 1.29 is 28.7 Å². The van der Waals surface area contributed by atoms with Crippen LogP contribution in [0.3, 0.4) is 0 Å². The number of hydrogen-bond donors (Lipinski definition) is 2. The van der Waals surface area contributed by atoms with E-state index in [9.17, 15) is 19.2 Å². The Labute approximate surface area is 215 Å². The Hall–Kier alpha value is -2.90. The van der Waals surface area contributed by atoms with E-state index in [1.807, 2.05) is 55.4 Å². The Kier molecular flexibility index (Phi) is 13.2. The standard InChI is InChI=1S/C28H44N2O6/c1-17(2)12-23(25(31)29-15-19(5)6)35-27(33)21-10-9-11-22(14-21)28(34)36-24(13-18(3)4)26(32)30-16-20(7)8/h9-11,14,17-20,23-24H,12-13,15-16H2,1-8H3,(H,29,31)(H,30,32)/t23-,24-/m0/s1. The molecule has 0 aromatic heterocycles. The van der Waals surface area contributed by atoms with E-state index >= 15 is 0 Å². The van der Waals surface area contributed by atoms with Gasteiger partial charge >= 0.3 is 11.9 Å². The van der Waals surface area contributed by atoms with Crippen molar-refractivity contribution >= 4 is 23.8 Å². The molecule has 0 aliphatic heterocycles. The molecule has 0 unspecified atom stereocenters. The van der Waals surface area contributed by atoms with Gasteiger partial charge in [0, 0.05) is 13.1 Å². The summed E-state index contributed by atoms with van der Waals surface area (Å²) in [4.78, 5) is 50.9. The van der Waals surface area contributed by atoms with Crippen molar-refractivity contribution in [2.24, 2.45) is 23.7 Å². The molecule has 2 amide bonds. The van der Waals surface area contributed by atoms with Crippen LogP contribution in [0.5, 0.6) is 0 Å². The van der Waals surface area contributed by atoms with E-state index < -0.39 is 24.1 Å². The van der Waals surface area contributed by atoms with Crippen molar-refractivity contribution in [3.8, 4) is 0 Å². The first-order chi connectivity index (χ1) is 16.8. The van der Waals surface area contributed by atoms with Gasteiger partial charge in [0.2, 0.25) is 0 Å². The maximum absolute atomic E-state index is 12.9. The van der Waals surface area contributed by atoms with Gasteiger partial charge in [-0.05, 0) is 54.7 Å². The maximum Gasteiger partial charge on any atom is 0.338 e. The average molecular weight is 505 g/mol. The molecule has 2 atom stereocenters. The Balaban J connectivity index is 2.98. The molecule has 0 saturated carbocycles. The first kappa shape index (κ1) is 31.1. The van der Waals surface area contributed by atoms with Crippen LogP contribution in [-0.2, 0) is 19.1 Å². The van der Waals surface area contributed by atoms with Crippen LogP contribution in [0.15, 0.2) is 24.3 Å². The lowest BCUT2D eigenvalue weighted by Crippen LogP contribution is -2.40. The largest absolute Gasteiger partial charge is 0.449 e. The smallest absolute Gasteiger partial charge is 0.338 e. The number of rotatable bonds is 14. The maximum atomic E-state index is 12.9. The summed E-state index contributed by atoms with van der Waals surface area (Å²) < 4.78 is 11.1. The zero-order chi connectivity index (χ0) is 27.4. The van der Waals surface area contributed by atoms with Gasteiger partial charge in [-0.2, -0.15) is 0 Å². The molecule has 8 heteroatoms. The molecule has 0 heterocycles. The van der Waals surface area contributed by atoms with Gasteiger partial charge in [0.25, 0.3) is 11.8 Å². The molecule has 0 saturated heterocycles. The Morgan fingerprint density at radius 3 is 1.31 bits per heavy atom. The predicted molar refractivity (Wildman–Crippen MR) is 139 cm³/mol. The van der Waals surface area contributed by atoms with Gasteiger partial charge in [0.15, 0.2) is 12.2 Å². The average Bonchev–Trinajstić information content (AvgIpc) is 2.79. The molecule has 202 valence electrons. The lowest BCUT2D eigenvalue weighted by Gasteiger charge is -2.21. The van der Waals surface area contributed by atoms with E-state index in [4.69, 9.17) is 9.47 Å². The highest BCUT2D eigenvalue weighted by molar-refractivity contribution is 5.97. The van der Waals surface area contributed by atoms with Gasteiger partial charge < -0.3 is 20.1 Å². The number of hydrogen-bond acceptors (Lipinski definition) is 6. The van der Waals surface area contributed by atoms with E-state index in [0.717, 1.165) is 0 Å². The third-order valence-corrected chi connectivity index (χ3v) is 5.16. The molecular weight excluding hydrogens is 460 g/mol.